The summed E-state index contributed by atoms with van der Waals surface area (Å²) in [5, 5.41) is 0.688. The number of hydrogen-bond acceptors (Lipinski definition) is 2. The van der Waals surface area contributed by atoms with Crippen LogP contribution >= 0.6 is 22.9 Å². The molecule has 3 rings (SSSR count). The fourth-order valence-corrected chi connectivity index (χ4v) is 3.74. The van der Waals surface area contributed by atoms with Crippen molar-refractivity contribution in [3.05, 3.63) is 63.4 Å². The second-order valence-corrected chi connectivity index (χ2v) is 6.85. The number of halogens is 1. The quantitative estimate of drug-likeness (QED) is 0.703. The van der Waals surface area contributed by atoms with Crippen molar-refractivity contribution in [1.29, 1.82) is 0 Å². The molecule has 118 valence electrons. The Morgan fingerprint density at radius 3 is 2.57 bits per heavy atom. The Balaban J connectivity index is 1.88. The first-order chi connectivity index (χ1) is 11.1. The third-order valence-electron chi connectivity index (χ3n) is 3.78. The van der Waals surface area contributed by atoms with Crippen LogP contribution in [0.4, 0.5) is 0 Å². The zero-order valence-electron chi connectivity index (χ0n) is 13.0. The monoisotopic (exact) mass is 344 g/mol. The van der Waals surface area contributed by atoms with Crippen molar-refractivity contribution in [1.82, 2.24) is 4.57 Å². The average molecular weight is 345 g/mol. The van der Waals surface area contributed by atoms with Crippen LogP contribution in [0.5, 0.6) is 0 Å². The standard InChI is InChI=1S/C18H17ClN2OS/c1-3-12-4-6-13(7-5-12)10-17(22)20-18-21(2)15-9-8-14(19)11-16(15)23-18/h4-9,11H,3,10H2,1-2H3. The van der Waals surface area contributed by atoms with Crippen molar-refractivity contribution >= 4 is 39.1 Å². The van der Waals surface area contributed by atoms with Crippen LogP contribution in [0, 0.1) is 0 Å². The maximum atomic E-state index is 12.2. The van der Waals surface area contributed by atoms with Gasteiger partial charge in [-0.2, -0.15) is 4.99 Å². The lowest BCUT2D eigenvalue weighted by Crippen LogP contribution is -2.14. The van der Waals surface area contributed by atoms with E-state index in [1.54, 1.807) is 0 Å². The maximum Gasteiger partial charge on any atom is 0.252 e. The van der Waals surface area contributed by atoms with Crippen LogP contribution in [0.3, 0.4) is 0 Å². The van der Waals surface area contributed by atoms with E-state index in [4.69, 9.17) is 11.6 Å². The number of rotatable bonds is 3. The van der Waals surface area contributed by atoms with Gasteiger partial charge in [-0.05, 0) is 35.7 Å². The highest BCUT2D eigenvalue weighted by Crippen LogP contribution is 2.21. The maximum absolute atomic E-state index is 12.2. The first-order valence-corrected chi connectivity index (χ1v) is 8.66. The highest BCUT2D eigenvalue weighted by atomic mass is 35.5. The minimum atomic E-state index is -0.137. The minimum Gasteiger partial charge on any atom is -0.319 e. The Labute approximate surface area is 143 Å². The lowest BCUT2D eigenvalue weighted by molar-refractivity contribution is -0.117. The molecule has 0 saturated carbocycles. The normalized spacial score (nSPS) is 12.0. The van der Waals surface area contributed by atoms with Crippen molar-refractivity contribution < 1.29 is 4.79 Å². The summed E-state index contributed by atoms with van der Waals surface area (Å²) >= 11 is 7.49. The van der Waals surface area contributed by atoms with Crippen molar-refractivity contribution in [2.45, 2.75) is 19.8 Å². The molecule has 23 heavy (non-hydrogen) atoms. The smallest absolute Gasteiger partial charge is 0.252 e. The fourth-order valence-electron chi connectivity index (χ4n) is 2.43. The molecule has 0 aliphatic carbocycles. The molecule has 0 aliphatic rings. The van der Waals surface area contributed by atoms with Gasteiger partial charge in [0.05, 0.1) is 16.6 Å². The number of carbonyl (C=O) groups is 1. The van der Waals surface area contributed by atoms with E-state index < -0.39 is 0 Å². The van der Waals surface area contributed by atoms with Gasteiger partial charge in [-0.15, -0.1) is 0 Å². The van der Waals surface area contributed by atoms with Crippen LogP contribution in [0.25, 0.3) is 10.2 Å². The second kappa shape index (κ2) is 6.69. The Morgan fingerprint density at radius 2 is 1.87 bits per heavy atom. The van der Waals surface area contributed by atoms with E-state index in [0.29, 0.717) is 16.2 Å². The van der Waals surface area contributed by atoms with Crippen LogP contribution in [0.15, 0.2) is 47.5 Å². The molecule has 1 aromatic heterocycles. The molecule has 5 heteroatoms. The van der Waals surface area contributed by atoms with Gasteiger partial charge in [-0.3, -0.25) is 4.79 Å². The van der Waals surface area contributed by atoms with E-state index in [-0.39, 0.29) is 5.91 Å². The molecule has 0 spiro atoms. The molecular weight excluding hydrogens is 328 g/mol. The molecule has 0 atom stereocenters. The average Bonchev–Trinajstić information content (AvgIpc) is 2.83. The number of benzene rings is 2. The van der Waals surface area contributed by atoms with E-state index in [0.717, 1.165) is 22.2 Å². The molecule has 0 aliphatic heterocycles. The molecule has 2 aromatic carbocycles. The minimum absolute atomic E-state index is 0.137. The first kappa shape index (κ1) is 16.0. The van der Waals surface area contributed by atoms with Gasteiger partial charge in [0, 0.05) is 12.1 Å². The summed E-state index contributed by atoms with van der Waals surface area (Å²) in [4.78, 5) is 17.2. The van der Waals surface area contributed by atoms with Crippen LogP contribution in [-0.4, -0.2) is 10.5 Å². The number of hydrogen-bond donors (Lipinski definition) is 0. The van der Waals surface area contributed by atoms with Gasteiger partial charge in [-0.25, -0.2) is 0 Å². The number of amides is 1. The van der Waals surface area contributed by atoms with Gasteiger partial charge in [0.15, 0.2) is 4.80 Å². The molecule has 3 aromatic rings. The summed E-state index contributed by atoms with van der Waals surface area (Å²) in [6.07, 6.45) is 1.32. The number of nitrogens with zero attached hydrogens (tertiary/aromatic N) is 2. The summed E-state index contributed by atoms with van der Waals surface area (Å²) in [6.45, 7) is 2.11. The SMILES string of the molecule is CCc1ccc(CC(=O)N=c2sc3cc(Cl)ccc3n2C)cc1. The molecular formula is C18H17ClN2OS. The lowest BCUT2D eigenvalue weighted by atomic mass is 10.1. The van der Waals surface area contributed by atoms with E-state index in [1.165, 1.54) is 16.9 Å². The first-order valence-electron chi connectivity index (χ1n) is 7.47. The third-order valence-corrected chi connectivity index (χ3v) is 5.11. The zero-order chi connectivity index (χ0) is 16.4. The topological polar surface area (TPSA) is 34.4 Å². The highest BCUT2D eigenvalue weighted by molar-refractivity contribution is 7.16. The fraction of sp³-hybridized carbons (Fsp3) is 0.222. The van der Waals surface area contributed by atoms with Crippen LogP contribution in [-0.2, 0) is 24.7 Å². The van der Waals surface area contributed by atoms with Gasteiger partial charge < -0.3 is 4.57 Å². The number of fused-ring (bicyclic) bond motifs is 1. The Bertz CT molecular complexity index is 922. The molecule has 0 bridgehead atoms. The molecule has 0 unspecified atom stereocenters. The summed E-state index contributed by atoms with van der Waals surface area (Å²) in [5.41, 5.74) is 3.28. The summed E-state index contributed by atoms with van der Waals surface area (Å²) in [7, 11) is 1.91. The number of thiazole rings is 1. The molecule has 0 N–H and O–H groups in total. The predicted octanol–water partition coefficient (Wildman–Crippen LogP) is 4.13. The van der Waals surface area contributed by atoms with E-state index in [2.05, 4.69) is 24.0 Å². The number of aromatic nitrogens is 1. The van der Waals surface area contributed by atoms with Gasteiger partial charge in [0.1, 0.15) is 0 Å². The van der Waals surface area contributed by atoms with Crippen LogP contribution < -0.4 is 4.80 Å². The Hall–Kier alpha value is -1.91. The van der Waals surface area contributed by atoms with Crippen molar-refractivity contribution in [2.24, 2.45) is 12.0 Å². The summed E-state index contributed by atoms with van der Waals surface area (Å²) in [5.74, 6) is -0.137. The number of aryl methyl sites for hydroxylation is 2. The molecule has 1 heterocycles. The Morgan fingerprint density at radius 1 is 1.17 bits per heavy atom. The number of carbonyl (C=O) groups excluding carboxylic acids is 1. The molecule has 0 saturated heterocycles. The van der Waals surface area contributed by atoms with Crippen LogP contribution in [0.1, 0.15) is 18.1 Å². The predicted molar refractivity (Wildman–Crippen MR) is 95.9 cm³/mol. The van der Waals surface area contributed by atoms with Crippen LogP contribution in [0.2, 0.25) is 5.02 Å². The van der Waals surface area contributed by atoms with Gasteiger partial charge in [0.25, 0.3) is 5.91 Å². The van der Waals surface area contributed by atoms with Crippen molar-refractivity contribution in [3.63, 3.8) is 0 Å². The van der Waals surface area contributed by atoms with Crippen molar-refractivity contribution in [3.8, 4) is 0 Å². The third kappa shape index (κ3) is 3.54. The Kier molecular flexibility index (Phi) is 4.64. The largest absolute Gasteiger partial charge is 0.319 e. The van der Waals surface area contributed by atoms with Crippen molar-refractivity contribution in [2.75, 3.05) is 0 Å². The van der Waals surface area contributed by atoms with E-state index in [1.807, 2.05) is 41.9 Å². The molecule has 3 nitrogen and oxygen atoms in total. The van der Waals surface area contributed by atoms with E-state index >= 15 is 0 Å². The lowest BCUT2D eigenvalue weighted by Gasteiger charge is -2.00. The van der Waals surface area contributed by atoms with Gasteiger partial charge in [-0.1, -0.05) is 54.1 Å². The molecule has 0 fully saturated rings. The molecule has 0 radical (unpaired) electrons. The molecule has 1 amide bonds. The van der Waals surface area contributed by atoms with Gasteiger partial charge in [0.2, 0.25) is 0 Å². The van der Waals surface area contributed by atoms with E-state index in [9.17, 15) is 4.79 Å². The zero-order valence-corrected chi connectivity index (χ0v) is 14.6. The summed E-state index contributed by atoms with van der Waals surface area (Å²) < 4.78 is 2.95. The van der Waals surface area contributed by atoms with Gasteiger partial charge >= 0.3 is 0 Å². The second-order valence-electron chi connectivity index (χ2n) is 5.41. The highest BCUT2D eigenvalue weighted by Gasteiger charge is 2.06. The summed E-state index contributed by atoms with van der Waals surface area (Å²) in [6, 6.07) is 13.8.